The fourth-order valence-electron chi connectivity index (χ4n) is 2.36. The molecule has 1 aromatic rings. The molecule has 88 valence electrons. The summed E-state index contributed by atoms with van der Waals surface area (Å²) in [5.41, 5.74) is 7.72. The van der Waals surface area contributed by atoms with Gasteiger partial charge in [-0.25, -0.2) is 0 Å². The van der Waals surface area contributed by atoms with Crippen LogP contribution in [0.5, 0.6) is 0 Å². The number of hydrogen-bond donors (Lipinski definition) is 2. The van der Waals surface area contributed by atoms with Crippen molar-refractivity contribution < 1.29 is 4.79 Å². The molecule has 0 bridgehead atoms. The zero-order valence-corrected chi connectivity index (χ0v) is 9.39. The molecule has 0 saturated heterocycles. The third-order valence-corrected chi connectivity index (χ3v) is 3.23. The van der Waals surface area contributed by atoms with Gasteiger partial charge in [0, 0.05) is 18.1 Å². The summed E-state index contributed by atoms with van der Waals surface area (Å²) < 4.78 is 2.05. The lowest BCUT2D eigenvalue weighted by Crippen LogP contribution is -2.38. The minimum absolute atomic E-state index is 0.265. The summed E-state index contributed by atoms with van der Waals surface area (Å²) in [5, 5.41) is 3.21. The molecule has 3 heterocycles. The molecule has 1 atom stereocenters. The van der Waals surface area contributed by atoms with Crippen molar-refractivity contribution in [3.05, 3.63) is 23.4 Å². The number of carbonyl (C=O) groups is 1. The first kappa shape index (κ1) is 10.1. The van der Waals surface area contributed by atoms with E-state index in [0.717, 1.165) is 24.4 Å². The predicted octanol–water partition coefficient (Wildman–Crippen LogP) is 0.755. The first-order valence-corrected chi connectivity index (χ1v) is 5.71. The molecule has 0 spiro atoms. The minimum atomic E-state index is -0.292. The molecular weight excluding hydrogens is 216 g/mol. The van der Waals surface area contributed by atoms with Gasteiger partial charge in [0.25, 0.3) is 0 Å². The van der Waals surface area contributed by atoms with Gasteiger partial charge >= 0.3 is 0 Å². The number of allylic oxidation sites excluding steroid dienone is 1. The van der Waals surface area contributed by atoms with Crippen molar-refractivity contribution in [1.29, 1.82) is 0 Å². The van der Waals surface area contributed by atoms with Crippen LogP contribution in [-0.4, -0.2) is 22.7 Å². The second-order valence-electron chi connectivity index (χ2n) is 4.35. The molecule has 2 aliphatic heterocycles. The van der Waals surface area contributed by atoms with Crippen LogP contribution in [0.25, 0.3) is 6.20 Å². The quantitative estimate of drug-likeness (QED) is 0.747. The molecule has 5 heteroatoms. The van der Waals surface area contributed by atoms with Gasteiger partial charge in [-0.2, -0.15) is 0 Å². The van der Waals surface area contributed by atoms with E-state index in [-0.39, 0.29) is 11.9 Å². The smallest absolute Gasteiger partial charge is 0.239 e. The molecule has 0 fully saturated rings. The summed E-state index contributed by atoms with van der Waals surface area (Å²) in [6, 6.07) is 1.88. The second-order valence-corrected chi connectivity index (χ2v) is 4.35. The number of nitrogens with one attached hydrogen (secondary N) is 1. The number of amides is 1. The van der Waals surface area contributed by atoms with Crippen LogP contribution < -0.4 is 11.1 Å². The normalized spacial score (nSPS) is 21.3. The molecule has 0 aromatic carbocycles. The van der Waals surface area contributed by atoms with E-state index >= 15 is 0 Å². The fourth-order valence-corrected chi connectivity index (χ4v) is 2.36. The maximum Gasteiger partial charge on any atom is 0.239 e. The summed E-state index contributed by atoms with van der Waals surface area (Å²) in [6.45, 7) is 0.670. The van der Waals surface area contributed by atoms with Crippen molar-refractivity contribution in [1.82, 2.24) is 4.57 Å². The molecule has 3 N–H and O–H groups in total. The van der Waals surface area contributed by atoms with Crippen LogP contribution in [-0.2, 0) is 17.8 Å². The Bertz CT molecular complexity index is 527. The topological polar surface area (TPSA) is 72.4 Å². The van der Waals surface area contributed by atoms with E-state index in [0.29, 0.717) is 6.54 Å². The molecule has 0 radical (unpaired) electrons. The number of nitrogens with zero attached hydrogens (tertiary/aromatic N) is 2. The Morgan fingerprint density at radius 1 is 1.59 bits per heavy atom. The van der Waals surface area contributed by atoms with Crippen molar-refractivity contribution in [2.24, 2.45) is 10.7 Å². The summed E-state index contributed by atoms with van der Waals surface area (Å²) in [7, 11) is 0. The Hall–Kier alpha value is -2.04. The Balaban J connectivity index is 2.01. The van der Waals surface area contributed by atoms with Crippen LogP contribution in [0.4, 0.5) is 5.82 Å². The molecule has 1 amide bonds. The van der Waals surface area contributed by atoms with E-state index in [2.05, 4.69) is 20.9 Å². The van der Waals surface area contributed by atoms with Crippen LogP contribution in [0, 0.1) is 0 Å². The van der Waals surface area contributed by atoms with Crippen LogP contribution in [0.15, 0.2) is 17.1 Å². The number of aliphatic imine (C=N–C) groups is 1. The van der Waals surface area contributed by atoms with Crippen molar-refractivity contribution in [2.45, 2.75) is 25.4 Å². The van der Waals surface area contributed by atoms with Crippen molar-refractivity contribution in [2.75, 3.05) is 5.32 Å². The zero-order chi connectivity index (χ0) is 11.8. The number of rotatable bonds is 1. The number of hydrogen-bond acceptors (Lipinski definition) is 3. The van der Waals surface area contributed by atoms with Crippen LogP contribution in [0.1, 0.15) is 17.7 Å². The van der Waals surface area contributed by atoms with Crippen LogP contribution >= 0.6 is 0 Å². The van der Waals surface area contributed by atoms with Gasteiger partial charge < -0.3 is 15.6 Å². The average molecular weight is 230 g/mol. The lowest BCUT2D eigenvalue weighted by molar-refractivity contribution is -0.118. The van der Waals surface area contributed by atoms with Gasteiger partial charge in [-0.05, 0) is 30.5 Å². The number of nitrogens with two attached hydrogens (primary N) is 1. The van der Waals surface area contributed by atoms with E-state index in [4.69, 9.17) is 5.73 Å². The number of aryl methyl sites for hydroxylation is 1. The first-order chi connectivity index (χ1) is 8.25. The number of anilines is 1. The monoisotopic (exact) mass is 230 g/mol. The fraction of sp³-hybridized carbons (Fsp3) is 0.333. The van der Waals surface area contributed by atoms with Gasteiger partial charge in [0.15, 0.2) is 0 Å². The van der Waals surface area contributed by atoms with Gasteiger partial charge in [0.1, 0.15) is 11.9 Å². The number of primary amides is 1. The molecular formula is C12H14N4O. The second kappa shape index (κ2) is 3.76. The number of aromatic nitrogens is 1. The maximum atomic E-state index is 11.2. The molecule has 2 aliphatic rings. The summed E-state index contributed by atoms with van der Waals surface area (Å²) >= 11 is 0. The van der Waals surface area contributed by atoms with Gasteiger partial charge in [0.2, 0.25) is 5.91 Å². The van der Waals surface area contributed by atoms with E-state index in [1.165, 1.54) is 5.56 Å². The molecule has 5 nitrogen and oxygen atoms in total. The highest BCUT2D eigenvalue weighted by Crippen LogP contribution is 2.30. The van der Waals surface area contributed by atoms with Crippen LogP contribution in [0.3, 0.4) is 0 Å². The highest BCUT2D eigenvalue weighted by atomic mass is 16.1. The zero-order valence-electron chi connectivity index (χ0n) is 9.39. The third kappa shape index (κ3) is 1.63. The lowest BCUT2D eigenvalue weighted by Gasteiger charge is -2.23. The Labute approximate surface area is 99.0 Å². The van der Waals surface area contributed by atoms with Gasteiger partial charge in [-0.3, -0.25) is 9.79 Å². The van der Waals surface area contributed by atoms with Gasteiger partial charge in [-0.15, -0.1) is 0 Å². The molecule has 1 unspecified atom stereocenters. The largest absolute Gasteiger partial charge is 0.368 e. The average Bonchev–Trinajstić information content (AvgIpc) is 2.51. The molecule has 1 aromatic heterocycles. The summed E-state index contributed by atoms with van der Waals surface area (Å²) in [4.78, 5) is 15.5. The van der Waals surface area contributed by atoms with Crippen molar-refractivity contribution in [3.63, 3.8) is 0 Å². The summed E-state index contributed by atoms with van der Waals surface area (Å²) in [5.74, 6) is 0.692. The van der Waals surface area contributed by atoms with Crippen LogP contribution in [0.2, 0.25) is 0 Å². The van der Waals surface area contributed by atoms with E-state index in [9.17, 15) is 4.79 Å². The van der Waals surface area contributed by atoms with E-state index < -0.39 is 0 Å². The molecule has 0 saturated carbocycles. The van der Waals surface area contributed by atoms with Crippen molar-refractivity contribution >= 4 is 24.1 Å². The number of fused-ring (bicyclic) bond motifs is 3. The Morgan fingerprint density at radius 3 is 3.29 bits per heavy atom. The molecule has 0 aliphatic carbocycles. The van der Waals surface area contributed by atoms with Crippen molar-refractivity contribution in [3.8, 4) is 0 Å². The van der Waals surface area contributed by atoms with E-state index in [1.54, 1.807) is 6.21 Å². The lowest BCUT2D eigenvalue weighted by atomic mass is 10.0. The SMILES string of the molecule is NC(=O)C1CCc2cc3n(c2N1)C=CC=NC3. The third-order valence-electron chi connectivity index (χ3n) is 3.23. The Kier molecular flexibility index (Phi) is 2.24. The summed E-state index contributed by atoms with van der Waals surface area (Å²) in [6.07, 6.45) is 7.29. The molecule has 17 heavy (non-hydrogen) atoms. The highest BCUT2D eigenvalue weighted by molar-refractivity contribution is 5.84. The predicted molar refractivity (Wildman–Crippen MR) is 66.9 cm³/mol. The van der Waals surface area contributed by atoms with Gasteiger partial charge in [-0.1, -0.05) is 0 Å². The van der Waals surface area contributed by atoms with E-state index in [1.807, 2.05) is 12.3 Å². The molecule has 3 rings (SSSR count). The minimum Gasteiger partial charge on any atom is -0.368 e. The Morgan fingerprint density at radius 2 is 2.47 bits per heavy atom. The maximum absolute atomic E-state index is 11.2. The number of carbonyl (C=O) groups excluding carboxylic acids is 1. The highest BCUT2D eigenvalue weighted by Gasteiger charge is 2.25. The standard InChI is InChI=1S/C12H14N4O/c13-11(17)10-3-2-8-6-9-7-14-4-1-5-16(9)12(8)15-10/h1,4-6,10,15H,2-3,7H2,(H2,13,17). The van der Waals surface area contributed by atoms with Gasteiger partial charge in [0.05, 0.1) is 6.54 Å². The first-order valence-electron chi connectivity index (χ1n) is 5.71.